The van der Waals surface area contributed by atoms with Crippen molar-refractivity contribution < 1.29 is 9.53 Å². The summed E-state index contributed by atoms with van der Waals surface area (Å²) in [7, 11) is 0. The van der Waals surface area contributed by atoms with Crippen LogP contribution in [0.25, 0.3) is 11.0 Å². The summed E-state index contributed by atoms with van der Waals surface area (Å²) < 4.78 is 6.21. The first-order chi connectivity index (χ1) is 14.9. The smallest absolute Gasteiger partial charge is 0.255 e. The van der Waals surface area contributed by atoms with Crippen LogP contribution >= 0.6 is 23.2 Å². The van der Waals surface area contributed by atoms with Gasteiger partial charge in [0.1, 0.15) is 11.4 Å². The molecular formula is C23H27Cl2N5O2. The van der Waals surface area contributed by atoms with Crippen LogP contribution in [-0.2, 0) is 6.42 Å². The minimum atomic E-state index is -0.433. The number of halogens is 2. The standard InChI is InChI=1S/C23H27Cl2N5O2/c1-11(22(2,3)4)27-20(31)12-7-16-17(13-8-23(5,6)32-19(12)13)29-21(28-16)30-18-14(24)9-26-10-15(18)25/h7,9-11H,8H2,1-6H3,(H,27,31)(H2,26,28,29,30). The third-order valence-electron chi connectivity index (χ3n) is 5.80. The van der Waals surface area contributed by atoms with E-state index >= 15 is 0 Å². The highest BCUT2D eigenvalue weighted by molar-refractivity contribution is 6.39. The van der Waals surface area contributed by atoms with Crippen molar-refractivity contribution in [3.63, 3.8) is 0 Å². The lowest BCUT2D eigenvalue weighted by Gasteiger charge is -2.28. The quantitative estimate of drug-likeness (QED) is 0.437. The number of aromatic amines is 1. The van der Waals surface area contributed by atoms with Crippen molar-refractivity contribution in [3.05, 3.63) is 39.6 Å². The van der Waals surface area contributed by atoms with Crippen LogP contribution in [0.15, 0.2) is 18.5 Å². The van der Waals surface area contributed by atoms with Crippen LogP contribution in [0, 0.1) is 5.41 Å². The number of benzene rings is 1. The fraction of sp³-hybridized carbons (Fsp3) is 0.435. The van der Waals surface area contributed by atoms with Crippen LogP contribution in [0.2, 0.25) is 10.0 Å². The van der Waals surface area contributed by atoms with Crippen LogP contribution in [0.3, 0.4) is 0 Å². The van der Waals surface area contributed by atoms with Crippen LogP contribution in [0.4, 0.5) is 11.6 Å². The number of ether oxygens (including phenoxy) is 1. The summed E-state index contributed by atoms with van der Waals surface area (Å²) >= 11 is 12.5. The lowest BCUT2D eigenvalue weighted by atomic mass is 9.88. The molecule has 170 valence electrons. The van der Waals surface area contributed by atoms with Crippen molar-refractivity contribution >= 4 is 51.8 Å². The molecule has 0 radical (unpaired) electrons. The number of rotatable bonds is 4. The van der Waals surface area contributed by atoms with E-state index in [1.165, 1.54) is 12.4 Å². The van der Waals surface area contributed by atoms with Gasteiger partial charge in [0.25, 0.3) is 5.91 Å². The van der Waals surface area contributed by atoms with Crippen molar-refractivity contribution in [2.75, 3.05) is 5.32 Å². The van der Waals surface area contributed by atoms with Gasteiger partial charge in [0.05, 0.1) is 32.3 Å². The van der Waals surface area contributed by atoms with E-state index in [2.05, 4.69) is 46.4 Å². The summed E-state index contributed by atoms with van der Waals surface area (Å²) in [5.41, 5.74) is 2.87. The van der Waals surface area contributed by atoms with Crippen molar-refractivity contribution in [3.8, 4) is 5.75 Å². The maximum Gasteiger partial charge on any atom is 0.255 e. The summed E-state index contributed by atoms with van der Waals surface area (Å²) in [5, 5.41) is 6.99. The molecule has 1 amide bonds. The van der Waals surface area contributed by atoms with Crippen LogP contribution in [0.5, 0.6) is 5.75 Å². The molecule has 2 aromatic heterocycles. The Bertz CT molecular complexity index is 1190. The SMILES string of the molecule is CC(NC(=O)c1cc2nc(Nc3c(Cl)cncc3Cl)[nH]c2c2c1OC(C)(C)C2)C(C)(C)C. The molecule has 3 heterocycles. The van der Waals surface area contributed by atoms with Gasteiger partial charge in [-0.3, -0.25) is 9.78 Å². The monoisotopic (exact) mass is 475 g/mol. The van der Waals surface area contributed by atoms with Gasteiger partial charge in [0.15, 0.2) is 0 Å². The molecule has 9 heteroatoms. The second-order valence-corrected chi connectivity index (χ2v) is 10.7. The summed E-state index contributed by atoms with van der Waals surface area (Å²) in [5.74, 6) is 0.875. The minimum Gasteiger partial charge on any atom is -0.486 e. The average Bonchev–Trinajstić information content (AvgIpc) is 3.22. The Balaban J connectivity index is 1.77. The van der Waals surface area contributed by atoms with Gasteiger partial charge in [0, 0.05) is 30.4 Å². The number of aromatic nitrogens is 3. The Labute approximate surface area is 197 Å². The summed E-state index contributed by atoms with van der Waals surface area (Å²) in [6.45, 7) is 12.3. The highest BCUT2D eigenvalue weighted by Gasteiger charge is 2.36. The fourth-order valence-electron chi connectivity index (χ4n) is 3.59. The molecule has 0 aliphatic carbocycles. The third kappa shape index (κ3) is 4.24. The molecule has 7 nitrogen and oxygen atoms in total. The first-order valence-electron chi connectivity index (χ1n) is 10.5. The molecule has 3 N–H and O–H groups in total. The number of imidazole rings is 1. The number of hydrogen-bond acceptors (Lipinski definition) is 5. The normalized spacial score (nSPS) is 15.9. The summed E-state index contributed by atoms with van der Waals surface area (Å²) in [4.78, 5) is 25.1. The van der Waals surface area contributed by atoms with Gasteiger partial charge in [0.2, 0.25) is 5.95 Å². The van der Waals surface area contributed by atoms with Gasteiger partial charge in [-0.25, -0.2) is 4.98 Å². The van der Waals surface area contributed by atoms with Gasteiger partial charge in [-0.1, -0.05) is 44.0 Å². The molecule has 1 aliphatic rings. The molecule has 32 heavy (non-hydrogen) atoms. The van der Waals surface area contributed by atoms with E-state index in [9.17, 15) is 4.79 Å². The Morgan fingerprint density at radius 1 is 1.25 bits per heavy atom. The zero-order valence-corrected chi connectivity index (χ0v) is 20.5. The molecule has 1 atom stereocenters. The number of hydrogen-bond donors (Lipinski definition) is 3. The first-order valence-corrected chi connectivity index (χ1v) is 11.2. The molecule has 0 fully saturated rings. The van der Waals surface area contributed by atoms with Crippen LogP contribution < -0.4 is 15.4 Å². The number of nitrogens with zero attached hydrogens (tertiary/aromatic N) is 2. The Hall–Kier alpha value is -2.51. The number of carbonyl (C=O) groups is 1. The lowest BCUT2D eigenvalue weighted by Crippen LogP contribution is -2.41. The van der Waals surface area contributed by atoms with Crippen molar-refractivity contribution in [2.24, 2.45) is 5.41 Å². The lowest BCUT2D eigenvalue weighted by molar-refractivity contribution is 0.0897. The zero-order chi connectivity index (χ0) is 23.4. The number of anilines is 2. The van der Waals surface area contributed by atoms with Gasteiger partial charge in [-0.2, -0.15) is 0 Å². The maximum atomic E-state index is 13.2. The van der Waals surface area contributed by atoms with Crippen LogP contribution in [0.1, 0.15) is 57.5 Å². The number of amides is 1. The predicted molar refractivity (Wildman–Crippen MR) is 128 cm³/mol. The molecule has 1 unspecified atom stereocenters. The highest BCUT2D eigenvalue weighted by atomic mass is 35.5. The van der Waals surface area contributed by atoms with Gasteiger partial charge >= 0.3 is 0 Å². The number of carbonyl (C=O) groups excluding carboxylic acids is 1. The molecule has 0 bridgehead atoms. The van der Waals surface area contributed by atoms with Crippen molar-refractivity contribution in [1.82, 2.24) is 20.3 Å². The molecule has 0 spiro atoms. The Morgan fingerprint density at radius 2 is 1.91 bits per heavy atom. The fourth-order valence-corrected chi connectivity index (χ4v) is 4.05. The topological polar surface area (TPSA) is 91.9 Å². The average molecular weight is 476 g/mol. The van der Waals surface area contributed by atoms with Crippen LogP contribution in [-0.4, -0.2) is 32.5 Å². The van der Waals surface area contributed by atoms with Crippen molar-refractivity contribution in [2.45, 2.75) is 59.6 Å². The number of H-pyrrole nitrogens is 1. The molecule has 4 rings (SSSR count). The predicted octanol–water partition coefficient (Wildman–Crippen LogP) is 5.89. The second-order valence-electron chi connectivity index (χ2n) is 9.91. The highest BCUT2D eigenvalue weighted by Crippen LogP contribution is 2.42. The minimum absolute atomic E-state index is 0.0249. The zero-order valence-electron chi connectivity index (χ0n) is 19.0. The molecule has 3 aromatic rings. The van der Waals surface area contributed by atoms with E-state index in [0.29, 0.717) is 44.9 Å². The number of fused-ring (bicyclic) bond motifs is 3. The summed E-state index contributed by atoms with van der Waals surface area (Å²) in [6.07, 6.45) is 3.66. The largest absolute Gasteiger partial charge is 0.486 e. The van der Waals surface area contributed by atoms with Gasteiger partial charge < -0.3 is 20.4 Å². The second kappa shape index (κ2) is 7.81. The Kier molecular flexibility index (Phi) is 5.54. The van der Waals surface area contributed by atoms with Gasteiger partial charge in [-0.15, -0.1) is 0 Å². The number of nitrogens with one attached hydrogen (secondary N) is 3. The van der Waals surface area contributed by atoms with E-state index < -0.39 is 5.60 Å². The van der Waals surface area contributed by atoms with Crippen molar-refractivity contribution in [1.29, 1.82) is 0 Å². The first kappa shape index (κ1) is 22.7. The number of pyridine rings is 1. The van der Waals surface area contributed by atoms with Gasteiger partial charge in [-0.05, 0) is 32.3 Å². The van der Waals surface area contributed by atoms with E-state index in [1.54, 1.807) is 6.07 Å². The third-order valence-corrected chi connectivity index (χ3v) is 6.38. The molecule has 0 saturated carbocycles. The van der Waals surface area contributed by atoms with E-state index in [0.717, 1.165) is 11.1 Å². The molecule has 1 aliphatic heterocycles. The molecular weight excluding hydrogens is 449 g/mol. The Morgan fingerprint density at radius 3 is 2.53 bits per heavy atom. The molecule has 0 saturated heterocycles. The maximum absolute atomic E-state index is 13.2. The molecule has 1 aromatic carbocycles. The van der Waals surface area contributed by atoms with E-state index in [4.69, 9.17) is 27.9 Å². The van der Waals surface area contributed by atoms with E-state index in [-0.39, 0.29) is 17.4 Å². The summed E-state index contributed by atoms with van der Waals surface area (Å²) in [6, 6.07) is 1.74. The van der Waals surface area contributed by atoms with E-state index in [1.807, 2.05) is 20.8 Å².